The summed E-state index contributed by atoms with van der Waals surface area (Å²) in [4.78, 5) is 18.8. The van der Waals surface area contributed by atoms with Gasteiger partial charge in [0, 0.05) is 31.5 Å². The van der Waals surface area contributed by atoms with Crippen LogP contribution in [0.3, 0.4) is 0 Å². The Labute approximate surface area is 183 Å². The standard InChI is InChI=1S/C23H29N3O4S/c1-16-14-19(16)20-12-11-17(30-20)15-26(2)22(27)10-4-3-7-13-24-23-18-8-5-6-9-21(18)31(28,29)25-23/h5-6,8-9,11-12,16,19H,3-4,7,10,13-15H2,1-2H3,(H,24,25)/t16-,19+/m1/s1. The molecule has 2 aromatic rings. The lowest BCUT2D eigenvalue weighted by molar-refractivity contribution is -0.130. The van der Waals surface area contributed by atoms with E-state index in [9.17, 15) is 13.2 Å². The summed E-state index contributed by atoms with van der Waals surface area (Å²) in [5.74, 6) is 3.63. The monoisotopic (exact) mass is 443 g/mol. The Morgan fingerprint density at radius 1 is 1.19 bits per heavy atom. The number of aliphatic imine (C=N–C) groups is 1. The molecule has 0 radical (unpaired) electrons. The number of carbonyl (C=O) groups excluding carboxylic acids is 1. The van der Waals surface area contributed by atoms with Gasteiger partial charge in [0.05, 0.1) is 11.4 Å². The maximum absolute atomic E-state index is 12.4. The largest absolute Gasteiger partial charge is 0.464 e. The molecule has 1 aromatic carbocycles. The zero-order valence-corrected chi connectivity index (χ0v) is 18.8. The molecule has 1 fully saturated rings. The van der Waals surface area contributed by atoms with Crippen molar-refractivity contribution in [1.82, 2.24) is 9.62 Å². The molecule has 0 bridgehead atoms. The Morgan fingerprint density at radius 2 is 1.97 bits per heavy atom. The van der Waals surface area contributed by atoms with Gasteiger partial charge >= 0.3 is 0 Å². The predicted molar refractivity (Wildman–Crippen MR) is 118 cm³/mol. The van der Waals surface area contributed by atoms with E-state index in [1.165, 1.54) is 6.42 Å². The molecule has 1 N–H and O–H groups in total. The van der Waals surface area contributed by atoms with Gasteiger partial charge in [0.15, 0.2) is 0 Å². The Morgan fingerprint density at radius 3 is 2.74 bits per heavy atom. The number of rotatable bonds is 9. The fraction of sp³-hybridized carbons (Fsp3) is 0.478. The van der Waals surface area contributed by atoms with Gasteiger partial charge in [-0.05, 0) is 49.4 Å². The lowest BCUT2D eigenvalue weighted by Crippen LogP contribution is -2.25. The highest BCUT2D eigenvalue weighted by atomic mass is 32.2. The summed E-state index contributed by atoms with van der Waals surface area (Å²) >= 11 is 0. The number of carbonyl (C=O) groups is 1. The molecule has 1 aromatic heterocycles. The lowest BCUT2D eigenvalue weighted by atomic mass is 10.1. The summed E-state index contributed by atoms with van der Waals surface area (Å²) in [6.45, 7) is 3.23. The average molecular weight is 444 g/mol. The van der Waals surface area contributed by atoms with Crippen molar-refractivity contribution in [2.24, 2.45) is 10.9 Å². The number of unbranched alkanes of at least 4 members (excludes halogenated alkanes) is 2. The van der Waals surface area contributed by atoms with Crippen LogP contribution in [0.15, 0.2) is 50.7 Å². The van der Waals surface area contributed by atoms with Crippen molar-refractivity contribution in [3.63, 3.8) is 0 Å². The van der Waals surface area contributed by atoms with Crippen molar-refractivity contribution in [1.29, 1.82) is 0 Å². The Bertz CT molecular complexity index is 1090. The molecule has 0 spiro atoms. The van der Waals surface area contributed by atoms with Crippen molar-refractivity contribution < 1.29 is 17.6 Å². The van der Waals surface area contributed by atoms with E-state index in [1.807, 2.05) is 12.1 Å². The summed E-state index contributed by atoms with van der Waals surface area (Å²) in [7, 11) is -1.68. The van der Waals surface area contributed by atoms with Crippen molar-refractivity contribution >= 4 is 21.8 Å². The predicted octanol–water partition coefficient (Wildman–Crippen LogP) is 3.66. The first-order valence-corrected chi connectivity index (χ1v) is 12.3. The third kappa shape index (κ3) is 5.01. The van der Waals surface area contributed by atoms with Gasteiger partial charge in [0.25, 0.3) is 10.0 Å². The minimum absolute atomic E-state index is 0.0986. The number of furan rings is 1. The number of fused-ring (bicyclic) bond motifs is 1. The second-order valence-electron chi connectivity index (χ2n) is 8.52. The quantitative estimate of drug-likeness (QED) is 0.599. The molecule has 8 heteroatoms. The number of amides is 1. The average Bonchev–Trinajstić information content (AvgIpc) is 3.18. The molecule has 1 saturated carbocycles. The highest BCUT2D eigenvalue weighted by Crippen LogP contribution is 2.47. The van der Waals surface area contributed by atoms with Gasteiger partial charge in [0.2, 0.25) is 5.91 Å². The fourth-order valence-electron chi connectivity index (χ4n) is 3.92. The van der Waals surface area contributed by atoms with E-state index in [0.29, 0.717) is 42.7 Å². The van der Waals surface area contributed by atoms with Crippen molar-refractivity contribution in [3.05, 3.63) is 53.5 Å². The second-order valence-corrected chi connectivity index (χ2v) is 10.2. The number of hydrogen-bond donors (Lipinski definition) is 1. The molecule has 0 unspecified atom stereocenters. The molecule has 1 amide bonds. The fourth-order valence-corrected chi connectivity index (χ4v) is 5.17. The number of benzene rings is 1. The van der Waals surface area contributed by atoms with E-state index in [4.69, 9.17) is 4.42 Å². The maximum atomic E-state index is 12.4. The van der Waals surface area contributed by atoms with Crippen LogP contribution in [0.5, 0.6) is 0 Å². The molecule has 7 nitrogen and oxygen atoms in total. The Kier molecular flexibility index (Phi) is 6.18. The highest BCUT2D eigenvalue weighted by Gasteiger charge is 2.36. The van der Waals surface area contributed by atoms with Gasteiger partial charge in [-0.1, -0.05) is 25.5 Å². The molecular weight excluding hydrogens is 414 g/mol. The molecule has 166 valence electrons. The zero-order chi connectivity index (χ0) is 22.0. The molecule has 2 aliphatic rings. The van der Waals surface area contributed by atoms with Crippen molar-refractivity contribution in [2.45, 2.75) is 56.4 Å². The van der Waals surface area contributed by atoms with Crippen molar-refractivity contribution in [3.8, 4) is 0 Å². The molecule has 1 aliphatic carbocycles. The summed E-state index contributed by atoms with van der Waals surface area (Å²) in [6.07, 6.45) is 4.10. The second kappa shape index (κ2) is 8.86. The van der Waals surface area contributed by atoms with E-state index in [1.54, 1.807) is 36.2 Å². The molecule has 2 heterocycles. The van der Waals surface area contributed by atoms with Crippen LogP contribution < -0.4 is 4.72 Å². The summed E-state index contributed by atoms with van der Waals surface area (Å²) < 4.78 is 32.6. The molecular formula is C23H29N3O4S. The smallest absolute Gasteiger partial charge is 0.263 e. The van der Waals surface area contributed by atoms with E-state index in [2.05, 4.69) is 16.6 Å². The number of nitrogens with one attached hydrogen (secondary N) is 1. The molecule has 0 saturated heterocycles. The minimum Gasteiger partial charge on any atom is -0.464 e. The molecule has 2 atom stereocenters. The van der Waals surface area contributed by atoms with Crippen molar-refractivity contribution in [2.75, 3.05) is 13.6 Å². The van der Waals surface area contributed by atoms with Crippen LogP contribution in [0.2, 0.25) is 0 Å². The maximum Gasteiger partial charge on any atom is 0.263 e. The number of nitrogens with zero attached hydrogens (tertiary/aromatic N) is 2. The minimum atomic E-state index is -3.49. The normalized spacial score (nSPS) is 22.2. The van der Waals surface area contributed by atoms with Crippen LogP contribution in [-0.4, -0.2) is 38.7 Å². The van der Waals surface area contributed by atoms with E-state index >= 15 is 0 Å². The molecule has 31 heavy (non-hydrogen) atoms. The van der Waals surface area contributed by atoms with E-state index in [-0.39, 0.29) is 10.8 Å². The first-order valence-electron chi connectivity index (χ1n) is 10.8. The van der Waals surface area contributed by atoms with Crippen LogP contribution in [0.25, 0.3) is 0 Å². The first kappa shape index (κ1) is 21.6. The summed E-state index contributed by atoms with van der Waals surface area (Å²) in [5, 5.41) is 0. The van der Waals surface area contributed by atoms with Gasteiger partial charge in [-0.3, -0.25) is 14.5 Å². The first-order chi connectivity index (χ1) is 14.8. The zero-order valence-electron chi connectivity index (χ0n) is 18.0. The van der Waals surface area contributed by atoms with E-state index < -0.39 is 10.0 Å². The van der Waals surface area contributed by atoms with Gasteiger partial charge < -0.3 is 9.32 Å². The van der Waals surface area contributed by atoms with Crippen LogP contribution in [-0.2, 0) is 21.4 Å². The third-order valence-corrected chi connectivity index (χ3v) is 7.35. The lowest BCUT2D eigenvalue weighted by Gasteiger charge is -2.15. The van der Waals surface area contributed by atoms with Crippen LogP contribution >= 0.6 is 0 Å². The number of hydrogen-bond acceptors (Lipinski definition) is 5. The van der Waals surface area contributed by atoms with Gasteiger partial charge in [-0.15, -0.1) is 0 Å². The molecule has 4 rings (SSSR count). The third-order valence-electron chi connectivity index (χ3n) is 5.96. The van der Waals surface area contributed by atoms with E-state index in [0.717, 1.165) is 30.8 Å². The Hall–Kier alpha value is -2.61. The Balaban J connectivity index is 1.17. The number of amidine groups is 1. The van der Waals surface area contributed by atoms with Crippen LogP contribution in [0, 0.1) is 5.92 Å². The summed E-state index contributed by atoms with van der Waals surface area (Å²) in [5.41, 5.74) is 0.622. The van der Waals surface area contributed by atoms with Gasteiger partial charge in [-0.25, -0.2) is 8.42 Å². The molecule has 1 aliphatic heterocycles. The van der Waals surface area contributed by atoms with Gasteiger partial charge in [0.1, 0.15) is 17.4 Å². The van der Waals surface area contributed by atoms with Gasteiger partial charge in [-0.2, -0.15) is 0 Å². The van der Waals surface area contributed by atoms with Crippen LogP contribution in [0.1, 0.15) is 62.0 Å². The summed E-state index contributed by atoms with van der Waals surface area (Å²) in [6, 6.07) is 10.8. The SMILES string of the molecule is C[C@@H]1C[C@@H]1c1ccc(CN(C)C(=O)CCCCCN=C2NS(=O)(=O)c3ccccc32)o1. The van der Waals surface area contributed by atoms with Crippen LogP contribution in [0.4, 0.5) is 0 Å². The highest BCUT2D eigenvalue weighted by molar-refractivity contribution is 7.90. The topological polar surface area (TPSA) is 92.0 Å². The number of sulfonamides is 1.